The topological polar surface area (TPSA) is 54.0 Å². The fourth-order valence-electron chi connectivity index (χ4n) is 3.01. The van der Waals surface area contributed by atoms with Crippen molar-refractivity contribution >= 4 is 16.8 Å². The molecule has 2 N–H and O–H groups in total. The lowest BCUT2D eigenvalue weighted by Gasteiger charge is -2.28. The molecule has 1 saturated carbocycles. The van der Waals surface area contributed by atoms with Crippen molar-refractivity contribution in [2.45, 2.75) is 37.8 Å². The normalized spacial score (nSPS) is 22.1. The molecule has 21 heavy (non-hydrogen) atoms. The Hall–Kier alpha value is -1.94. The van der Waals surface area contributed by atoms with Gasteiger partial charge in [0.2, 0.25) is 0 Å². The minimum absolute atomic E-state index is 0.0219. The molecule has 0 unspecified atom stereocenters. The van der Waals surface area contributed by atoms with E-state index in [9.17, 15) is 4.79 Å². The average Bonchev–Trinajstić information content (AvgIpc) is 2.55. The summed E-state index contributed by atoms with van der Waals surface area (Å²) < 4.78 is 0. The van der Waals surface area contributed by atoms with Gasteiger partial charge in [0, 0.05) is 29.2 Å². The molecule has 0 radical (unpaired) electrons. The van der Waals surface area contributed by atoms with Gasteiger partial charge in [0.15, 0.2) is 0 Å². The van der Waals surface area contributed by atoms with E-state index in [1.54, 1.807) is 6.20 Å². The lowest BCUT2D eigenvalue weighted by Crippen LogP contribution is -2.41. The smallest absolute Gasteiger partial charge is 0.251 e. The summed E-state index contributed by atoms with van der Waals surface area (Å²) in [5, 5.41) is 7.47. The molecule has 4 heteroatoms. The van der Waals surface area contributed by atoms with Crippen LogP contribution in [0.4, 0.5) is 0 Å². The largest absolute Gasteiger partial charge is 0.349 e. The number of nitrogens with one attached hydrogen (secondary N) is 2. The first-order chi connectivity index (χ1) is 10.3. The first-order valence-electron chi connectivity index (χ1n) is 7.59. The van der Waals surface area contributed by atoms with Crippen molar-refractivity contribution in [3.05, 3.63) is 42.1 Å². The molecule has 0 bridgehead atoms. The van der Waals surface area contributed by atoms with Gasteiger partial charge < -0.3 is 10.6 Å². The third-order valence-corrected chi connectivity index (χ3v) is 4.34. The van der Waals surface area contributed by atoms with Crippen LogP contribution in [-0.2, 0) is 0 Å². The van der Waals surface area contributed by atoms with Gasteiger partial charge in [0.05, 0.1) is 5.52 Å². The monoisotopic (exact) mass is 283 g/mol. The second-order valence-corrected chi connectivity index (χ2v) is 5.72. The van der Waals surface area contributed by atoms with Crippen LogP contribution in [0.15, 0.2) is 36.5 Å². The second-order valence-electron chi connectivity index (χ2n) is 5.72. The Balaban J connectivity index is 1.67. The summed E-state index contributed by atoms with van der Waals surface area (Å²) in [6, 6.07) is 10.4. The maximum atomic E-state index is 12.4. The highest BCUT2D eigenvalue weighted by atomic mass is 16.1. The third-order valence-electron chi connectivity index (χ3n) is 4.34. The first kappa shape index (κ1) is 14.0. The highest BCUT2D eigenvalue weighted by molar-refractivity contribution is 5.98. The molecule has 1 fully saturated rings. The Kier molecular flexibility index (Phi) is 4.15. The molecular formula is C17H21N3O. The Morgan fingerprint density at radius 3 is 2.67 bits per heavy atom. The van der Waals surface area contributed by atoms with Crippen molar-refractivity contribution in [2.75, 3.05) is 7.05 Å². The summed E-state index contributed by atoms with van der Waals surface area (Å²) in [7, 11) is 2.01. The molecule has 1 aromatic carbocycles. The minimum Gasteiger partial charge on any atom is -0.349 e. The van der Waals surface area contributed by atoms with Crippen molar-refractivity contribution in [2.24, 2.45) is 0 Å². The number of rotatable bonds is 3. The predicted octanol–water partition coefficient (Wildman–Crippen LogP) is 2.50. The SMILES string of the molecule is CNC1CCC(NC(=O)c2ccc3ncccc3c2)CC1. The minimum atomic E-state index is 0.0219. The van der Waals surface area contributed by atoms with Crippen molar-refractivity contribution in [3.63, 3.8) is 0 Å². The highest BCUT2D eigenvalue weighted by Crippen LogP contribution is 2.19. The van der Waals surface area contributed by atoms with Gasteiger partial charge in [0.25, 0.3) is 5.91 Å². The lowest BCUT2D eigenvalue weighted by atomic mass is 9.91. The molecule has 0 atom stereocenters. The van der Waals surface area contributed by atoms with Crippen LogP contribution in [0.1, 0.15) is 36.0 Å². The predicted molar refractivity (Wildman–Crippen MR) is 84.3 cm³/mol. The van der Waals surface area contributed by atoms with Gasteiger partial charge in [-0.3, -0.25) is 9.78 Å². The molecule has 4 nitrogen and oxygen atoms in total. The maximum absolute atomic E-state index is 12.4. The van der Waals surface area contributed by atoms with Gasteiger partial charge in [-0.1, -0.05) is 6.07 Å². The van der Waals surface area contributed by atoms with Gasteiger partial charge in [-0.25, -0.2) is 0 Å². The summed E-state index contributed by atoms with van der Waals surface area (Å²) in [4.78, 5) is 16.6. The molecule has 3 rings (SSSR count). The number of nitrogens with zero attached hydrogens (tertiary/aromatic N) is 1. The van der Waals surface area contributed by atoms with Crippen molar-refractivity contribution < 1.29 is 4.79 Å². The van der Waals surface area contributed by atoms with Crippen LogP contribution in [0, 0.1) is 0 Å². The maximum Gasteiger partial charge on any atom is 0.251 e. The quantitative estimate of drug-likeness (QED) is 0.910. The number of carbonyl (C=O) groups is 1. The Morgan fingerprint density at radius 2 is 1.90 bits per heavy atom. The summed E-state index contributed by atoms with van der Waals surface area (Å²) in [6.45, 7) is 0. The zero-order valence-corrected chi connectivity index (χ0v) is 12.3. The second kappa shape index (κ2) is 6.22. The fraction of sp³-hybridized carbons (Fsp3) is 0.412. The molecule has 1 aliphatic rings. The molecule has 0 spiro atoms. The first-order valence-corrected chi connectivity index (χ1v) is 7.59. The van der Waals surface area contributed by atoms with Crippen LogP contribution in [0.5, 0.6) is 0 Å². The number of hydrogen-bond donors (Lipinski definition) is 2. The summed E-state index contributed by atoms with van der Waals surface area (Å²) in [5.41, 5.74) is 1.63. The van der Waals surface area contributed by atoms with Gasteiger partial charge in [-0.2, -0.15) is 0 Å². The number of hydrogen-bond acceptors (Lipinski definition) is 3. The van der Waals surface area contributed by atoms with Crippen LogP contribution in [0.3, 0.4) is 0 Å². The van der Waals surface area contributed by atoms with Crippen molar-refractivity contribution in [1.29, 1.82) is 0 Å². The van der Waals surface area contributed by atoms with Gasteiger partial charge in [-0.05, 0) is 57.0 Å². The van der Waals surface area contributed by atoms with Crippen molar-refractivity contribution in [1.82, 2.24) is 15.6 Å². The van der Waals surface area contributed by atoms with Gasteiger partial charge >= 0.3 is 0 Å². The summed E-state index contributed by atoms with van der Waals surface area (Å²) in [5.74, 6) is 0.0219. The van der Waals surface area contributed by atoms with E-state index >= 15 is 0 Å². The van der Waals surface area contributed by atoms with E-state index in [2.05, 4.69) is 15.6 Å². The zero-order valence-electron chi connectivity index (χ0n) is 12.3. The standard InChI is InChI=1S/C17H21N3O/c1-18-14-5-7-15(8-6-14)20-17(21)13-4-9-16-12(11-13)3-2-10-19-16/h2-4,9-11,14-15,18H,5-8H2,1H3,(H,20,21). The molecule has 110 valence electrons. The number of pyridine rings is 1. The zero-order chi connectivity index (χ0) is 14.7. The molecule has 0 saturated heterocycles. The van der Waals surface area contributed by atoms with Gasteiger partial charge in [0.1, 0.15) is 0 Å². The Bertz CT molecular complexity index is 633. The van der Waals surface area contributed by atoms with E-state index in [-0.39, 0.29) is 5.91 Å². The summed E-state index contributed by atoms with van der Waals surface area (Å²) >= 11 is 0. The molecule has 1 heterocycles. The summed E-state index contributed by atoms with van der Waals surface area (Å²) in [6.07, 6.45) is 6.12. The fourth-order valence-corrected chi connectivity index (χ4v) is 3.01. The van der Waals surface area contributed by atoms with Crippen LogP contribution < -0.4 is 10.6 Å². The van der Waals surface area contributed by atoms with E-state index in [0.29, 0.717) is 17.6 Å². The van der Waals surface area contributed by atoms with E-state index in [1.165, 1.54) is 0 Å². The molecule has 2 aromatic rings. The highest BCUT2D eigenvalue weighted by Gasteiger charge is 2.21. The Morgan fingerprint density at radius 1 is 1.14 bits per heavy atom. The van der Waals surface area contributed by atoms with Crippen LogP contribution in [0.25, 0.3) is 10.9 Å². The number of amides is 1. The third kappa shape index (κ3) is 3.22. The number of carbonyl (C=O) groups excluding carboxylic acids is 1. The lowest BCUT2D eigenvalue weighted by molar-refractivity contribution is 0.0925. The van der Waals surface area contributed by atoms with E-state index < -0.39 is 0 Å². The Labute approximate surface area is 125 Å². The molecular weight excluding hydrogens is 262 g/mol. The van der Waals surface area contributed by atoms with Crippen LogP contribution >= 0.6 is 0 Å². The average molecular weight is 283 g/mol. The number of benzene rings is 1. The number of fused-ring (bicyclic) bond motifs is 1. The van der Waals surface area contributed by atoms with Crippen molar-refractivity contribution in [3.8, 4) is 0 Å². The van der Waals surface area contributed by atoms with Gasteiger partial charge in [-0.15, -0.1) is 0 Å². The van der Waals surface area contributed by atoms with Crippen LogP contribution in [-0.4, -0.2) is 30.0 Å². The molecule has 1 aromatic heterocycles. The molecule has 1 aliphatic carbocycles. The van der Waals surface area contributed by atoms with E-state index in [1.807, 2.05) is 37.4 Å². The molecule has 0 aliphatic heterocycles. The van der Waals surface area contributed by atoms with Crippen LogP contribution in [0.2, 0.25) is 0 Å². The molecule has 1 amide bonds. The van der Waals surface area contributed by atoms with E-state index in [0.717, 1.165) is 36.6 Å². The van der Waals surface area contributed by atoms with E-state index in [4.69, 9.17) is 0 Å². The number of aromatic nitrogens is 1.